The number of hydrogen-bond donors (Lipinski definition) is 2. The van der Waals surface area contributed by atoms with Gasteiger partial charge in [0.1, 0.15) is 15.6 Å². The summed E-state index contributed by atoms with van der Waals surface area (Å²) in [6, 6.07) is 9.40. The molecule has 3 rings (SSSR count). The monoisotopic (exact) mass is 455 g/mol. The number of methoxy groups -OCH3 is 1. The molecule has 11 heteroatoms. The van der Waals surface area contributed by atoms with Crippen molar-refractivity contribution in [2.75, 3.05) is 12.4 Å². The molecule has 0 aliphatic rings. The average molecular weight is 456 g/mol. The summed E-state index contributed by atoms with van der Waals surface area (Å²) in [5, 5.41) is 17.2. The van der Waals surface area contributed by atoms with Crippen molar-refractivity contribution >= 4 is 79.2 Å². The third kappa shape index (κ3) is 4.17. The number of nitro benzene ring substituents is 1. The molecular formula is C17H11Cl2N3O4S2. The maximum atomic E-state index is 12.5. The van der Waals surface area contributed by atoms with Crippen molar-refractivity contribution in [2.24, 2.45) is 0 Å². The van der Waals surface area contributed by atoms with Gasteiger partial charge in [0, 0.05) is 21.8 Å². The molecule has 1 aromatic heterocycles. The largest absolute Gasteiger partial charge is 0.497 e. The van der Waals surface area contributed by atoms with Crippen molar-refractivity contribution in [1.82, 2.24) is 5.32 Å². The molecule has 28 heavy (non-hydrogen) atoms. The zero-order valence-electron chi connectivity index (χ0n) is 14.1. The Morgan fingerprint density at radius 1 is 1.25 bits per heavy atom. The molecule has 0 saturated heterocycles. The minimum Gasteiger partial charge on any atom is -0.497 e. The predicted molar refractivity (Wildman–Crippen MR) is 115 cm³/mol. The number of carbonyl (C=O) groups is 1. The van der Waals surface area contributed by atoms with E-state index in [9.17, 15) is 14.9 Å². The zero-order chi connectivity index (χ0) is 20.4. The van der Waals surface area contributed by atoms with Gasteiger partial charge in [-0.1, -0.05) is 23.2 Å². The molecule has 0 unspecified atom stereocenters. The maximum Gasteiger partial charge on any atom is 0.289 e. The quantitative estimate of drug-likeness (QED) is 0.316. The first kappa shape index (κ1) is 20.3. The van der Waals surface area contributed by atoms with Crippen LogP contribution in [0.3, 0.4) is 0 Å². The second kappa shape index (κ2) is 8.27. The second-order valence-electron chi connectivity index (χ2n) is 5.44. The molecule has 1 amide bonds. The lowest BCUT2D eigenvalue weighted by atomic mass is 10.2. The van der Waals surface area contributed by atoms with Crippen molar-refractivity contribution < 1.29 is 14.5 Å². The highest BCUT2D eigenvalue weighted by Gasteiger charge is 2.19. The maximum absolute atomic E-state index is 12.5. The molecule has 0 aliphatic carbocycles. The molecule has 1 heterocycles. The first-order valence-electron chi connectivity index (χ1n) is 7.62. The van der Waals surface area contributed by atoms with Crippen LogP contribution in [-0.2, 0) is 0 Å². The Hall–Kier alpha value is -2.46. The van der Waals surface area contributed by atoms with Gasteiger partial charge >= 0.3 is 0 Å². The lowest BCUT2D eigenvalue weighted by molar-refractivity contribution is -0.384. The average Bonchev–Trinajstić information content (AvgIpc) is 2.99. The van der Waals surface area contributed by atoms with Gasteiger partial charge in [-0.2, -0.15) is 0 Å². The third-order valence-corrected chi connectivity index (χ3v) is 5.85. The molecule has 144 valence electrons. The van der Waals surface area contributed by atoms with Crippen LogP contribution in [0.25, 0.3) is 10.1 Å². The normalized spacial score (nSPS) is 10.5. The van der Waals surface area contributed by atoms with Crippen LogP contribution in [0.4, 0.5) is 11.4 Å². The topological polar surface area (TPSA) is 93.5 Å². The Labute approximate surface area is 178 Å². The number of anilines is 1. The number of hydrogen-bond acceptors (Lipinski definition) is 6. The number of halogens is 2. The van der Waals surface area contributed by atoms with Crippen LogP contribution in [0, 0.1) is 10.1 Å². The number of carbonyl (C=O) groups excluding carboxylic acids is 1. The fourth-order valence-electron chi connectivity index (χ4n) is 2.37. The summed E-state index contributed by atoms with van der Waals surface area (Å²) in [5.41, 5.74) is 0.0378. The second-order valence-corrected chi connectivity index (χ2v) is 7.68. The van der Waals surface area contributed by atoms with Crippen molar-refractivity contribution in [1.29, 1.82) is 0 Å². The van der Waals surface area contributed by atoms with E-state index < -0.39 is 10.8 Å². The van der Waals surface area contributed by atoms with Crippen LogP contribution in [0.5, 0.6) is 5.75 Å². The summed E-state index contributed by atoms with van der Waals surface area (Å²) in [5.74, 6) is 0.157. The van der Waals surface area contributed by atoms with E-state index in [2.05, 4.69) is 10.6 Å². The number of thiophene rings is 1. The Balaban J connectivity index is 1.77. The number of nitrogens with one attached hydrogen (secondary N) is 2. The number of nitro groups is 1. The van der Waals surface area contributed by atoms with Crippen LogP contribution >= 0.6 is 46.8 Å². The lowest BCUT2D eigenvalue weighted by Gasteiger charge is -2.09. The number of benzene rings is 2. The molecule has 3 aromatic rings. The fourth-order valence-corrected chi connectivity index (χ4v) is 4.21. The molecule has 0 aliphatic heterocycles. The first-order chi connectivity index (χ1) is 13.3. The summed E-state index contributed by atoms with van der Waals surface area (Å²) >= 11 is 18.4. The van der Waals surface area contributed by atoms with Gasteiger partial charge in [0.2, 0.25) is 0 Å². The van der Waals surface area contributed by atoms with Crippen LogP contribution in [0.1, 0.15) is 9.67 Å². The molecule has 0 atom stereocenters. The SMILES string of the molecule is COc1ccc2c(Cl)c(C(=O)NC(=S)Nc3ccc(Cl)c([N+](=O)[O-])c3)sc2c1. The molecule has 2 N–H and O–H groups in total. The lowest BCUT2D eigenvalue weighted by Crippen LogP contribution is -2.33. The zero-order valence-corrected chi connectivity index (χ0v) is 17.3. The molecular weight excluding hydrogens is 445 g/mol. The summed E-state index contributed by atoms with van der Waals surface area (Å²) in [6.07, 6.45) is 0. The highest BCUT2D eigenvalue weighted by molar-refractivity contribution is 7.80. The minimum absolute atomic E-state index is 0.00186. The van der Waals surface area contributed by atoms with Gasteiger partial charge in [-0.15, -0.1) is 11.3 Å². The Kier molecular flexibility index (Phi) is 5.99. The van der Waals surface area contributed by atoms with E-state index in [0.29, 0.717) is 16.5 Å². The Morgan fingerprint density at radius 2 is 2.00 bits per heavy atom. The van der Waals surface area contributed by atoms with E-state index in [1.807, 2.05) is 0 Å². The molecule has 0 fully saturated rings. The standard InChI is InChI=1S/C17H11Cl2N3O4S2/c1-26-9-3-4-10-13(7-9)28-15(14(10)19)16(23)21-17(27)20-8-2-5-11(18)12(6-8)22(24)25/h2-7H,1H3,(H2,20,21,23,27). The van der Waals surface area contributed by atoms with E-state index in [4.69, 9.17) is 40.2 Å². The highest BCUT2D eigenvalue weighted by atomic mass is 35.5. The van der Waals surface area contributed by atoms with Crippen LogP contribution in [0.2, 0.25) is 10.0 Å². The van der Waals surface area contributed by atoms with Gasteiger partial charge in [0.25, 0.3) is 11.6 Å². The van der Waals surface area contributed by atoms with E-state index in [-0.39, 0.29) is 20.7 Å². The predicted octanol–water partition coefficient (Wildman–Crippen LogP) is 5.25. The van der Waals surface area contributed by atoms with Gasteiger partial charge in [0.05, 0.1) is 17.1 Å². The molecule has 7 nitrogen and oxygen atoms in total. The smallest absolute Gasteiger partial charge is 0.289 e. The Morgan fingerprint density at radius 3 is 2.68 bits per heavy atom. The molecule has 0 radical (unpaired) electrons. The van der Waals surface area contributed by atoms with Crippen LogP contribution < -0.4 is 15.4 Å². The number of amides is 1. The van der Waals surface area contributed by atoms with E-state index in [1.54, 1.807) is 25.3 Å². The van der Waals surface area contributed by atoms with Crippen molar-refractivity contribution in [3.05, 3.63) is 61.4 Å². The van der Waals surface area contributed by atoms with E-state index >= 15 is 0 Å². The van der Waals surface area contributed by atoms with Crippen LogP contribution in [-0.4, -0.2) is 23.1 Å². The fraction of sp³-hybridized carbons (Fsp3) is 0.0588. The van der Waals surface area contributed by atoms with Crippen LogP contribution in [0.15, 0.2) is 36.4 Å². The number of ether oxygens (including phenoxy) is 1. The highest BCUT2D eigenvalue weighted by Crippen LogP contribution is 2.37. The number of rotatable bonds is 4. The van der Waals surface area contributed by atoms with Gasteiger partial charge in [-0.05, 0) is 42.5 Å². The summed E-state index contributed by atoms with van der Waals surface area (Å²) < 4.78 is 5.97. The molecule has 0 bridgehead atoms. The van der Waals surface area contributed by atoms with Gasteiger partial charge in [0.15, 0.2) is 5.11 Å². The summed E-state index contributed by atoms with van der Waals surface area (Å²) in [6.45, 7) is 0. The van der Waals surface area contributed by atoms with Gasteiger partial charge < -0.3 is 10.1 Å². The Bertz CT molecular complexity index is 1120. The number of nitrogens with zero attached hydrogens (tertiary/aromatic N) is 1. The minimum atomic E-state index is -0.611. The van der Waals surface area contributed by atoms with Crippen molar-refractivity contribution in [3.8, 4) is 5.75 Å². The van der Waals surface area contributed by atoms with Crippen molar-refractivity contribution in [3.63, 3.8) is 0 Å². The first-order valence-corrected chi connectivity index (χ1v) is 9.60. The summed E-state index contributed by atoms with van der Waals surface area (Å²) in [7, 11) is 1.55. The van der Waals surface area contributed by atoms with Crippen molar-refractivity contribution in [2.45, 2.75) is 0 Å². The van der Waals surface area contributed by atoms with E-state index in [1.165, 1.54) is 29.5 Å². The molecule has 0 saturated carbocycles. The number of thiocarbonyl (C=S) groups is 1. The van der Waals surface area contributed by atoms with Gasteiger partial charge in [-0.3, -0.25) is 20.2 Å². The number of fused-ring (bicyclic) bond motifs is 1. The third-order valence-electron chi connectivity index (χ3n) is 3.67. The molecule has 2 aromatic carbocycles. The van der Waals surface area contributed by atoms with Gasteiger partial charge in [-0.25, -0.2) is 0 Å². The van der Waals surface area contributed by atoms with E-state index in [0.717, 1.165) is 10.1 Å². The summed E-state index contributed by atoms with van der Waals surface area (Å²) in [4.78, 5) is 23.2. The molecule has 0 spiro atoms.